The minimum absolute atomic E-state index is 0.0179. The van der Waals surface area contributed by atoms with Crippen LogP contribution in [-0.2, 0) is 16.1 Å². The predicted molar refractivity (Wildman–Crippen MR) is 200 cm³/mol. The average Bonchev–Trinajstić information content (AvgIpc) is 3.58. The van der Waals surface area contributed by atoms with Crippen LogP contribution in [0.4, 0.5) is 28.7 Å². The summed E-state index contributed by atoms with van der Waals surface area (Å²) in [6.07, 6.45) is 10.5. The normalized spacial score (nSPS) is 20.8. The zero-order valence-electron chi connectivity index (χ0n) is 28.6. The molecule has 1 aromatic heterocycles. The number of amides is 1. The number of carbonyl (C=O) groups excluding carboxylic acids is 1. The second kappa shape index (κ2) is 15.7. The van der Waals surface area contributed by atoms with Gasteiger partial charge in [-0.1, -0.05) is 48.3 Å². The Balaban J connectivity index is 1.06. The molecule has 11 nitrogen and oxygen atoms in total. The third kappa shape index (κ3) is 7.67. The van der Waals surface area contributed by atoms with Crippen LogP contribution < -0.4 is 25.3 Å². The summed E-state index contributed by atoms with van der Waals surface area (Å²) in [5.41, 5.74) is 3.22. The molecule has 50 heavy (non-hydrogen) atoms. The molecule has 0 radical (unpaired) electrons. The topological polar surface area (TPSA) is 98.3 Å². The number of halogens is 2. The maximum atomic E-state index is 12.6. The molecule has 3 aliphatic heterocycles. The number of ether oxygens (including phenoxy) is 1. The van der Waals surface area contributed by atoms with Crippen LogP contribution in [0.1, 0.15) is 44.1 Å². The van der Waals surface area contributed by atoms with Gasteiger partial charge in [-0.3, -0.25) is 19.4 Å². The van der Waals surface area contributed by atoms with Gasteiger partial charge in [-0.15, -0.1) is 0 Å². The van der Waals surface area contributed by atoms with Crippen LogP contribution in [0.15, 0.2) is 55.4 Å². The fraction of sp³-hybridized carbons (Fsp3) is 0.486. The van der Waals surface area contributed by atoms with Crippen molar-refractivity contribution in [3.8, 4) is 5.75 Å². The van der Waals surface area contributed by atoms with Gasteiger partial charge in [0.2, 0.25) is 5.91 Å². The van der Waals surface area contributed by atoms with E-state index >= 15 is 0 Å². The van der Waals surface area contributed by atoms with Crippen molar-refractivity contribution >= 4 is 57.8 Å². The lowest BCUT2D eigenvalue weighted by molar-refractivity contribution is -0.111. The van der Waals surface area contributed by atoms with Gasteiger partial charge in [0.05, 0.1) is 46.9 Å². The van der Waals surface area contributed by atoms with Gasteiger partial charge in [0.15, 0.2) is 5.82 Å². The number of methoxy groups -OCH3 is 1. The summed E-state index contributed by atoms with van der Waals surface area (Å²) >= 11 is 12.8. The summed E-state index contributed by atoms with van der Waals surface area (Å²) in [7, 11) is 1.65. The Labute approximate surface area is 304 Å². The van der Waals surface area contributed by atoms with E-state index in [1.165, 1.54) is 44.8 Å². The van der Waals surface area contributed by atoms with Crippen LogP contribution in [0.2, 0.25) is 10.0 Å². The van der Waals surface area contributed by atoms with Gasteiger partial charge in [-0.2, -0.15) is 0 Å². The molecule has 2 aromatic carbocycles. The van der Waals surface area contributed by atoms with Gasteiger partial charge >= 0.3 is 0 Å². The summed E-state index contributed by atoms with van der Waals surface area (Å²) in [5.74, 6) is 1.53. The molecule has 1 atom stereocenters. The van der Waals surface area contributed by atoms with Gasteiger partial charge in [-0.05, 0) is 62.3 Å². The molecule has 1 amide bonds. The maximum absolute atomic E-state index is 12.6. The smallest absolute Gasteiger partial charge is 0.247 e. The van der Waals surface area contributed by atoms with E-state index in [1.807, 2.05) is 35.4 Å². The van der Waals surface area contributed by atoms with E-state index in [4.69, 9.17) is 32.8 Å². The molecule has 0 bridgehead atoms. The third-order valence-electron chi connectivity index (χ3n) is 10.7. The number of aromatic nitrogens is 2. The van der Waals surface area contributed by atoms with E-state index in [9.17, 15) is 4.79 Å². The number of benzene rings is 2. The first kappa shape index (κ1) is 34.8. The van der Waals surface area contributed by atoms with Crippen LogP contribution in [-0.4, -0.2) is 96.8 Å². The molecule has 3 saturated heterocycles. The molecule has 0 unspecified atom stereocenters. The fourth-order valence-electron chi connectivity index (χ4n) is 7.65. The number of carbonyl (C=O) groups is 1. The Bertz CT molecular complexity index is 1670. The number of nitrogens with one attached hydrogen (secondary N) is 2. The van der Waals surface area contributed by atoms with Crippen molar-refractivity contribution in [1.82, 2.24) is 19.8 Å². The molecule has 4 aliphatic rings. The number of anilines is 5. The van der Waals surface area contributed by atoms with Gasteiger partial charge in [0.1, 0.15) is 17.9 Å². The molecule has 3 aromatic rings. The van der Waals surface area contributed by atoms with Crippen LogP contribution >= 0.6 is 23.2 Å². The van der Waals surface area contributed by atoms with E-state index in [0.717, 1.165) is 62.7 Å². The zero-order valence-corrected chi connectivity index (χ0v) is 30.1. The molecule has 4 fully saturated rings. The first-order chi connectivity index (χ1) is 24.4. The largest absolute Gasteiger partial charge is 0.494 e. The van der Waals surface area contributed by atoms with E-state index in [2.05, 4.69) is 41.9 Å². The maximum Gasteiger partial charge on any atom is 0.247 e. The molecular weight excluding hydrogens is 675 g/mol. The highest BCUT2D eigenvalue weighted by Crippen LogP contribution is 2.40. The zero-order chi connectivity index (χ0) is 34.6. The molecule has 1 saturated carbocycles. The number of rotatable bonds is 11. The average molecular weight is 722 g/mol. The standard InChI is InChI=1S/C37H46Cl2N8O3/c1-3-36(48)43-30-21-31(42-34-23-35(41-24-40-34)47-28(12-19-50-47)20-25-6-4-9-29(38)37(25)39)33(49-2)22-32(30)46-13-10-27(11-14-46)45-17-15-44(16-18-45)26-7-5-8-26/h3-4,6,9,21-24,26-28H,1,5,7-8,10-20H2,2H3,(H,43,48)(H,40,41,42)/t28-/m1/s1. The van der Waals surface area contributed by atoms with Crippen molar-refractivity contribution in [2.45, 2.75) is 63.1 Å². The van der Waals surface area contributed by atoms with Gasteiger partial charge < -0.3 is 20.3 Å². The Morgan fingerprint density at radius 2 is 1.72 bits per heavy atom. The lowest BCUT2D eigenvalue weighted by atomic mass is 9.91. The number of hydroxylamine groups is 1. The number of piperazine rings is 1. The van der Waals surface area contributed by atoms with Crippen molar-refractivity contribution in [2.75, 3.05) is 73.6 Å². The second-order valence-corrected chi connectivity index (χ2v) is 14.3. The van der Waals surface area contributed by atoms with E-state index in [1.54, 1.807) is 13.2 Å². The van der Waals surface area contributed by atoms with Crippen LogP contribution in [0.3, 0.4) is 0 Å². The highest BCUT2D eigenvalue weighted by Gasteiger charge is 2.33. The summed E-state index contributed by atoms with van der Waals surface area (Å²) in [5, 5.41) is 9.34. The van der Waals surface area contributed by atoms with Crippen LogP contribution in [0, 0.1) is 0 Å². The number of nitrogens with zero attached hydrogens (tertiary/aromatic N) is 6. The van der Waals surface area contributed by atoms with E-state index in [-0.39, 0.29) is 11.9 Å². The van der Waals surface area contributed by atoms with Crippen molar-refractivity contribution in [3.05, 3.63) is 71.0 Å². The first-order valence-electron chi connectivity index (χ1n) is 17.7. The summed E-state index contributed by atoms with van der Waals surface area (Å²) in [6, 6.07) is 12.8. The number of piperidine rings is 1. The first-order valence-corrected chi connectivity index (χ1v) is 18.5. The molecule has 4 heterocycles. The molecule has 1 aliphatic carbocycles. The quantitative estimate of drug-likeness (QED) is 0.212. The SMILES string of the molecule is C=CC(=O)Nc1cc(Nc2cc(N3OCC[C@@H]3Cc3cccc(Cl)c3Cl)ncn2)c(OC)cc1N1CCC(N2CCN(C3CCC3)CC2)CC1. The summed E-state index contributed by atoms with van der Waals surface area (Å²) in [6.45, 7) is 10.7. The molecule has 2 N–H and O–H groups in total. The molecular formula is C37H46Cl2N8O3. The predicted octanol–water partition coefficient (Wildman–Crippen LogP) is 6.55. The Kier molecular flexibility index (Phi) is 11.0. The second-order valence-electron chi connectivity index (χ2n) is 13.5. The summed E-state index contributed by atoms with van der Waals surface area (Å²) in [4.78, 5) is 35.4. The Morgan fingerprint density at radius 3 is 2.40 bits per heavy atom. The van der Waals surface area contributed by atoms with Gasteiger partial charge in [0.25, 0.3) is 0 Å². The van der Waals surface area contributed by atoms with Crippen molar-refractivity contribution in [1.29, 1.82) is 0 Å². The van der Waals surface area contributed by atoms with Gasteiger partial charge in [-0.25, -0.2) is 15.0 Å². The Hall–Kier alpha value is -3.61. The minimum Gasteiger partial charge on any atom is -0.494 e. The number of hydrogen-bond donors (Lipinski definition) is 2. The monoisotopic (exact) mass is 720 g/mol. The Morgan fingerprint density at radius 1 is 0.980 bits per heavy atom. The lowest BCUT2D eigenvalue weighted by Crippen LogP contribution is -2.56. The molecule has 13 heteroatoms. The van der Waals surface area contributed by atoms with Crippen molar-refractivity contribution in [3.63, 3.8) is 0 Å². The number of hydrogen-bond acceptors (Lipinski definition) is 10. The minimum atomic E-state index is -0.275. The molecule has 266 valence electrons. The molecule has 7 rings (SSSR count). The van der Waals surface area contributed by atoms with Crippen LogP contribution in [0.25, 0.3) is 0 Å². The third-order valence-corrected chi connectivity index (χ3v) is 11.5. The van der Waals surface area contributed by atoms with Crippen molar-refractivity contribution in [2.24, 2.45) is 0 Å². The van der Waals surface area contributed by atoms with E-state index < -0.39 is 0 Å². The highest BCUT2D eigenvalue weighted by molar-refractivity contribution is 6.42. The van der Waals surface area contributed by atoms with E-state index in [0.29, 0.717) is 57.9 Å². The lowest BCUT2D eigenvalue weighted by Gasteiger charge is -2.46. The highest BCUT2D eigenvalue weighted by atomic mass is 35.5. The molecule has 0 spiro atoms. The van der Waals surface area contributed by atoms with Crippen LogP contribution in [0.5, 0.6) is 5.75 Å². The van der Waals surface area contributed by atoms with Gasteiger partial charge in [0, 0.05) is 63.5 Å². The fourth-order valence-corrected chi connectivity index (χ4v) is 8.05. The summed E-state index contributed by atoms with van der Waals surface area (Å²) < 4.78 is 5.89. The van der Waals surface area contributed by atoms with Crippen molar-refractivity contribution < 1.29 is 14.4 Å².